The fraction of sp³-hybridized carbons (Fsp3) is 0.0667. The van der Waals surface area contributed by atoms with Gasteiger partial charge in [0, 0.05) is 20.6 Å². The molecule has 7 heteroatoms. The molecule has 0 amide bonds. The number of hydrazone groups is 1. The van der Waals surface area contributed by atoms with Crippen LogP contribution < -0.4 is 15.3 Å². The van der Waals surface area contributed by atoms with Gasteiger partial charge in [-0.2, -0.15) is 5.10 Å². The molecule has 0 aliphatic rings. The van der Waals surface area contributed by atoms with Crippen molar-refractivity contribution in [3.63, 3.8) is 0 Å². The first-order valence-electron chi connectivity index (χ1n) is 6.15. The summed E-state index contributed by atoms with van der Waals surface area (Å²) in [5.41, 5.74) is 3.88. The van der Waals surface area contributed by atoms with E-state index in [1.807, 2.05) is 18.2 Å². The Labute approximate surface area is 140 Å². The van der Waals surface area contributed by atoms with Gasteiger partial charge in [-0.1, -0.05) is 27.5 Å². The maximum atomic E-state index is 10.9. The zero-order chi connectivity index (χ0) is 16.1. The molecular weight excluding hydrogens is 372 g/mol. The van der Waals surface area contributed by atoms with Crippen LogP contribution in [-0.2, 0) is 0 Å². The number of hydrogen-bond acceptors (Lipinski definition) is 5. The summed E-state index contributed by atoms with van der Waals surface area (Å²) < 4.78 is 6.12. The molecule has 5 nitrogen and oxygen atoms in total. The Bertz CT molecular complexity index is 735. The number of anilines is 1. The van der Waals surface area contributed by atoms with Crippen LogP contribution in [0.3, 0.4) is 0 Å². The largest absolute Gasteiger partial charge is 0.545 e. The number of carbonyl (C=O) groups is 1. The number of carboxylic acids is 1. The van der Waals surface area contributed by atoms with Crippen LogP contribution in [0.15, 0.2) is 46.0 Å². The van der Waals surface area contributed by atoms with Crippen LogP contribution in [0.2, 0.25) is 5.02 Å². The fourth-order valence-corrected chi connectivity index (χ4v) is 2.31. The summed E-state index contributed by atoms with van der Waals surface area (Å²) in [6, 6.07) is 9.94. The van der Waals surface area contributed by atoms with Gasteiger partial charge in [0.2, 0.25) is 0 Å². The summed E-state index contributed by atoms with van der Waals surface area (Å²) in [5.74, 6) is -0.674. The molecule has 1 N–H and O–H groups in total. The van der Waals surface area contributed by atoms with Gasteiger partial charge in [-0.05, 0) is 36.4 Å². The average molecular weight is 383 g/mol. The monoisotopic (exact) mass is 381 g/mol. The Kier molecular flexibility index (Phi) is 5.41. The number of aromatic carboxylic acids is 1. The molecule has 0 fully saturated rings. The first-order valence-corrected chi connectivity index (χ1v) is 7.32. The predicted molar refractivity (Wildman–Crippen MR) is 87.7 cm³/mol. The van der Waals surface area contributed by atoms with Gasteiger partial charge in [0.1, 0.15) is 5.75 Å². The van der Waals surface area contributed by atoms with Gasteiger partial charge in [0.05, 0.1) is 25.0 Å². The Balaban J connectivity index is 2.18. The summed E-state index contributed by atoms with van der Waals surface area (Å²) in [6.45, 7) is 0. The molecule has 0 aliphatic carbocycles. The molecular formula is C15H11BrClN2O3-. The molecule has 0 unspecified atom stereocenters. The number of carboxylic acid groups (broad SMARTS) is 1. The van der Waals surface area contributed by atoms with Gasteiger partial charge in [-0.15, -0.1) is 0 Å². The minimum Gasteiger partial charge on any atom is -0.545 e. The lowest BCUT2D eigenvalue weighted by atomic mass is 10.2. The predicted octanol–water partition coefficient (Wildman–Crippen LogP) is 2.92. The van der Waals surface area contributed by atoms with Crippen LogP contribution >= 0.6 is 27.5 Å². The Morgan fingerprint density at radius 3 is 2.82 bits per heavy atom. The molecule has 0 saturated carbocycles. The normalized spacial score (nSPS) is 10.7. The quantitative estimate of drug-likeness (QED) is 0.637. The van der Waals surface area contributed by atoms with E-state index in [1.165, 1.54) is 12.1 Å². The van der Waals surface area contributed by atoms with Crippen LogP contribution in [0.25, 0.3) is 0 Å². The number of halogens is 2. The Morgan fingerprint density at radius 2 is 2.14 bits per heavy atom. The van der Waals surface area contributed by atoms with Gasteiger partial charge in [0.25, 0.3) is 0 Å². The molecule has 0 spiro atoms. The highest BCUT2D eigenvalue weighted by molar-refractivity contribution is 9.10. The number of methoxy groups -OCH3 is 1. The van der Waals surface area contributed by atoms with Crippen molar-refractivity contribution < 1.29 is 14.6 Å². The van der Waals surface area contributed by atoms with Crippen molar-refractivity contribution in [3.8, 4) is 5.75 Å². The Morgan fingerprint density at radius 1 is 1.36 bits per heavy atom. The summed E-state index contributed by atoms with van der Waals surface area (Å²) in [7, 11) is 1.57. The van der Waals surface area contributed by atoms with E-state index in [0.29, 0.717) is 11.4 Å². The molecule has 2 aromatic rings. The first-order chi connectivity index (χ1) is 10.5. The number of hydrogen-bond donors (Lipinski definition) is 1. The number of rotatable bonds is 5. The lowest BCUT2D eigenvalue weighted by Crippen LogP contribution is -2.22. The lowest BCUT2D eigenvalue weighted by molar-refractivity contribution is -0.255. The van der Waals surface area contributed by atoms with Crippen molar-refractivity contribution in [1.29, 1.82) is 0 Å². The highest BCUT2D eigenvalue weighted by Gasteiger charge is 2.03. The molecule has 0 bridgehead atoms. The Hall–Kier alpha value is -2.05. The molecule has 0 aliphatic heterocycles. The smallest absolute Gasteiger partial charge is 0.127 e. The van der Waals surface area contributed by atoms with E-state index in [9.17, 15) is 9.90 Å². The van der Waals surface area contributed by atoms with E-state index in [2.05, 4.69) is 26.5 Å². The van der Waals surface area contributed by atoms with Crippen molar-refractivity contribution in [2.24, 2.45) is 5.10 Å². The standard InChI is InChI=1S/C15H12BrClN2O3/c1-22-14-5-2-10(16)6-9(14)8-18-19-11-3-4-13(17)12(7-11)15(20)21/h2-8,19H,1H3,(H,20,21)/p-1/b18-8-. The summed E-state index contributed by atoms with van der Waals surface area (Å²) in [5, 5.41) is 15.1. The van der Waals surface area contributed by atoms with E-state index in [1.54, 1.807) is 19.4 Å². The number of nitrogens with zero attached hydrogens (tertiary/aromatic N) is 1. The second-order valence-corrected chi connectivity index (χ2v) is 5.56. The molecule has 0 aromatic heterocycles. The molecule has 114 valence electrons. The highest BCUT2D eigenvalue weighted by Crippen LogP contribution is 2.22. The third-order valence-electron chi connectivity index (χ3n) is 2.78. The number of benzene rings is 2. The van der Waals surface area contributed by atoms with Crippen molar-refractivity contribution in [2.45, 2.75) is 0 Å². The summed E-state index contributed by atoms with van der Waals surface area (Å²) >= 11 is 9.14. The minimum absolute atomic E-state index is 0.0955. The third kappa shape index (κ3) is 3.99. The maximum Gasteiger partial charge on any atom is 0.127 e. The van der Waals surface area contributed by atoms with Gasteiger partial charge in [-0.3, -0.25) is 5.43 Å². The van der Waals surface area contributed by atoms with Crippen molar-refractivity contribution in [3.05, 3.63) is 57.0 Å². The van der Waals surface area contributed by atoms with Gasteiger partial charge in [-0.25, -0.2) is 0 Å². The SMILES string of the molecule is COc1ccc(Br)cc1/C=N\Nc1ccc(Cl)c(C(=O)[O-])c1. The molecule has 0 atom stereocenters. The van der Waals surface area contributed by atoms with Crippen LogP contribution in [-0.4, -0.2) is 19.3 Å². The van der Waals surface area contributed by atoms with Crippen LogP contribution in [0.4, 0.5) is 5.69 Å². The van der Waals surface area contributed by atoms with Gasteiger partial charge < -0.3 is 14.6 Å². The van der Waals surface area contributed by atoms with E-state index < -0.39 is 5.97 Å². The average Bonchev–Trinajstić information content (AvgIpc) is 2.49. The summed E-state index contributed by atoms with van der Waals surface area (Å²) in [4.78, 5) is 10.9. The molecule has 22 heavy (non-hydrogen) atoms. The molecule has 0 heterocycles. The lowest BCUT2D eigenvalue weighted by Gasteiger charge is -2.08. The third-order valence-corrected chi connectivity index (χ3v) is 3.60. The van der Waals surface area contributed by atoms with E-state index >= 15 is 0 Å². The second-order valence-electron chi connectivity index (χ2n) is 4.24. The number of nitrogens with one attached hydrogen (secondary N) is 1. The summed E-state index contributed by atoms with van der Waals surface area (Å²) in [6.07, 6.45) is 1.57. The van der Waals surface area contributed by atoms with E-state index in [4.69, 9.17) is 16.3 Å². The van der Waals surface area contributed by atoms with Crippen LogP contribution in [0, 0.1) is 0 Å². The first kappa shape index (κ1) is 16.3. The second kappa shape index (κ2) is 7.29. The van der Waals surface area contributed by atoms with Gasteiger partial charge in [0.15, 0.2) is 0 Å². The van der Waals surface area contributed by atoms with Gasteiger partial charge >= 0.3 is 0 Å². The van der Waals surface area contributed by atoms with Crippen molar-refractivity contribution in [2.75, 3.05) is 12.5 Å². The topological polar surface area (TPSA) is 73.8 Å². The minimum atomic E-state index is -1.34. The fourth-order valence-electron chi connectivity index (χ4n) is 1.73. The van der Waals surface area contributed by atoms with Crippen LogP contribution in [0.5, 0.6) is 5.75 Å². The molecule has 2 rings (SSSR count). The van der Waals surface area contributed by atoms with Crippen molar-refractivity contribution >= 4 is 45.4 Å². The van der Waals surface area contributed by atoms with Crippen molar-refractivity contribution in [1.82, 2.24) is 0 Å². The number of ether oxygens (including phenoxy) is 1. The zero-order valence-electron chi connectivity index (χ0n) is 11.5. The van der Waals surface area contributed by atoms with Crippen LogP contribution in [0.1, 0.15) is 15.9 Å². The molecule has 0 radical (unpaired) electrons. The highest BCUT2D eigenvalue weighted by atomic mass is 79.9. The zero-order valence-corrected chi connectivity index (χ0v) is 13.8. The maximum absolute atomic E-state index is 10.9. The van der Waals surface area contributed by atoms with E-state index in [0.717, 1.165) is 10.0 Å². The molecule has 0 saturated heterocycles. The van der Waals surface area contributed by atoms with E-state index in [-0.39, 0.29) is 10.6 Å². The number of carbonyl (C=O) groups excluding carboxylic acids is 1. The molecule has 2 aromatic carbocycles.